The molecule has 1 aliphatic heterocycles. The fourth-order valence-electron chi connectivity index (χ4n) is 4.32. The van der Waals surface area contributed by atoms with E-state index in [2.05, 4.69) is 36.1 Å². The summed E-state index contributed by atoms with van der Waals surface area (Å²) in [4.78, 5) is 17.7. The maximum Gasteiger partial charge on any atom is 0.254 e. The first-order chi connectivity index (χ1) is 16.6. The average molecular weight is 459 g/mol. The van der Waals surface area contributed by atoms with Crippen molar-refractivity contribution in [3.05, 3.63) is 77.9 Å². The van der Waals surface area contributed by atoms with Gasteiger partial charge in [-0.2, -0.15) is 0 Å². The van der Waals surface area contributed by atoms with Gasteiger partial charge < -0.3 is 19.3 Å². The molecule has 0 bridgehead atoms. The molecule has 4 rings (SSSR count). The second-order valence-corrected chi connectivity index (χ2v) is 8.71. The van der Waals surface area contributed by atoms with E-state index in [1.807, 2.05) is 54.3 Å². The molecule has 1 aliphatic rings. The summed E-state index contributed by atoms with van der Waals surface area (Å²) in [6.07, 6.45) is 2.17. The largest absolute Gasteiger partial charge is 0.495 e. The van der Waals surface area contributed by atoms with Crippen molar-refractivity contribution in [3.63, 3.8) is 0 Å². The molecule has 34 heavy (non-hydrogen) atoms. The number of benzene rings is 3. The maximum absolute atomic E-state index is 13.4. The molecule has 178 valence electrons. The van der Waals surface area contributed by atoms with Gasteiger partial charge in [0.2, 0.25) is 0 Å². The van der Waals surface area contributed by atoms with Crippen molar-refractivity contribution in [1.82, 2.24) is 4.90 Å². The number of hydrogen-bond donors (Lipinski definition) is 0. The monoisotopic (exact) mass is 458 g/mol. The number of hydrogen-bond acceptors (Lipinski definition) is 4. The third kappa shape index (κ3) is 5.36. The number of carbonyl (C=O) groups is 1. The van der Waals surface area contributed by atoms with Crippen LogP contribution in [0.4, 0.5) is 5.69 Å². The Morgan fingerprint density at radius 2 is 1.62 bits per heavy atom. The molecule has 0 radical (unpaired) electrons. The topological polar surface area (TPSA) is 42.0 Å². The van der Waals surface area contributed by atoms with Crippen LogP contribution < -0.4 is 14.4 Å². The fourth-order valence-corrected chi connectivity index (χ4v) is 4.32. The third-order valence-corrected chi connectivity index (χ3v) is 6.41. The lowest BCUT2D eigenvalue weighted by Crippen LogP contribution is -2.49. The van der Waals surface area contributed by atoms with Crippen LogP contribution >= 0.6 is 0 Å². The van der Waals surface area contributed by atoms with E-state index in [-0.39, 0.29) is 5.91 Å². The molecule has 0 spiro atoms. The third-order valence-electron chi connectivity index (χ3n) is 6.41. The molecule has 1 amide bonds. The molecule has 5 nitrogen and oxygen atoms in total. The van der Waals surface area contributed by atoms with Gasteiger partial charge in [-0.1, -0.05) is 49.7 Å². The van der Waals surface area contributed by atoms with Crippen molar-refractivity contribution in [2.24, 2.45) is 0 Å². The van der Waals surface area contributed by atoms with Crippen LogP contribution in [0.25, 0.3) is 11.1 Å². The summed E-state index contributed by atoms with van der Waals surface area (Å²) in [7, 11) is 1.70. The van der Waals surface area contributed by atoms with Gasteiger partial charge in [0.15, 0.2) is 0 Å². The summed E-state index contributed by atoms with van der Waals surface area (Å²) in [6.45, 7) is 7.84. The van der Waals surface area contributed by atoms with E-state index in [0.29, 0.717) is 13.1 Å². The van der Waals surface area contributed by atoms with Crippen molar-refractivity contribution in [3.8, 4) is 22.6 Å². The summed E-state index contributed by atoms with van der Waals surface area (Å²) in [5.41, 5.74) is 4.98. The van der Waals surface area contributed by atoms with Gasteiger partial charge >= 0.3 is 0 Å². The zero-order chi connectivity index (χ0) is 23.9. The lowest BCUT2D eigenvalue weighted by Gasteiger charge is -2.36. The Labute approximate surface area is 202 Å². The summed E-state index contributed by atoms with van der Waals surface area (Å²) in [5.74, 6) is 1.85. The molecule has 0 aromatic heterocycles. The van der Waals surface area contributed by atoms with Crippen LogP contribution in [0.3, 0.4) is 0 Å². The Balaban J connectivity index is 1.44. The Bertz CT molecular complexity index is 1100. The van der Waals surface area contributed by atoms with Crippen LogP contribution in [0.5, 0.6) is 11.5 Å². The highest BCUT2D eigenvalue weighted by Crippen LogP contribution is 2.29. The number of amides is 1. The lowest BCUT2D eigenvalue weighted by atomic mass is 9.98. The number of piperazine rings is 1. The minimum Gasteiger partial charge on any atom is -0.495 e. The minimum absolute atomic E-state index is 0.0959. The first-order valence-electron chi connectivity index (χ1n) is 12.1. The number of para-hydroxylation sites is 2. The van der Waals surface area contributed by atoms with Crippen LogP contribution in [-0.4, -0.2) is 50.7 Å². The number of anilines is 1. The lowest BCUT2D eigenvalue weighted by molar-refractivity contribution is 0.0746. The molecule has 0 saturated carbocycles. The number of ether oxygens (including phenoxy) is 2. The van der Waals surface area contributed by atoms with Crippen molar-refractivity contribution < 1.29 is 14.3 Å². The summed E-state index contributed by atoms with van der Waals surface area (Å²) in [5, 5.41) is 0. The van der Waals surface area contributed by atoms with Gasteiger partial charge in [-0.3, -0.25) is 4.79 Å². The van der Waals surface area contributed by atoms with Crippen molar-refractivity contribution in [2.45, 2.75) is 26.7 Å². The van der Waals surface area contributed by atoms with Gasteiger partial charge in [-0.05, 0) is 60.4 Å². The van der Waals surface area contributed by atoms with E-state index < -0.39 is 0 Å². The van der Waals surface area contributed by atoms with Gasteiger partial charge in [-0.25, -0.2) is 0 Å². The predicted octanol–water partition coefficient (Wildman–Crippen LogP) is 5.81. The SMILES string of the molecule is CCCCOc1ccc(-c2ccc(C)c(C(=O)N3CCN(c4ccccc4OC)CC3)c2)cc1. The quantitative estimate of drug-likeness (QED) is 0.400. The van der Waals surface area contributed by atoms with Crippen molar-refractivity contribution >= 4 is 11.6 Å². The van der Waals surface area contributed by atoms with Crippen LogP contribution in [-0.2, 0) is 0 Å². The van der Waals surface area contributed by atoms with Crippen molar-refractivity contribution in [1.29, 1.82) is 0 Å². The van der Waals surface area contributed by atoms with E-state index in [4.69, 9.17) is 9.47 Å². The molecule has 0 atom stereocenters. The zero-order valence-electron chi connectivity index (χ0n) is 20.4. The van der Waals surface area contributed by atoms with Gasteiger partial charge in [0, 0.05) is 31.7 Å². The number of carbonyl (C=O) groups excluding carboxylic acids is 1. The molecule has 0 N–H and O–H groups in total. The van der Waals surface area contributed by atoms with Crippen LogP contribution in [0.1, 0.15) is 35.7 Å². The minimum atomic E-state index is 0.0959. The van der Waals surface area contributed by atoms with Gasteiger partial charge in [0.25, 0.3) is 5.91 Å². The molecule has 5 heteroatoms. The van der Waals surface area contributed by atoms with E-state index in [1.54, 1.807) is 7.11 Å². The molecular weight excluding hydrogens is 424 g/mol. The van der Waals surface area contributed by atoms with Crippen LogP contribution in [0.15, 0.2) is 66.7 Å². The number of rotatable bonds is 8. The highest BCUT2D eigenvalue weighted by atomic mass is 16.5. The van der Waals surface area contributed by atoms with Crippen LogP contribution in [0.2, 0.25) is 0 Å². The number of unbranched alkanes of at least 4 members (excludes halogenated alkanes) is 1. The first-order valence-corrected chi connectivity index (χ1v) is 12.1. The number of nitrogens with zero attached hydrogens (tertiary/aromatic N) is 2. The summed E-state index contributed by atoms with van der Waals surface area (Å²) in [6, 6.07) is 22.3. The number of aryl methyl sites for hydroxylation is 1. The second-order valence-electron chi connectivity index (χ2n) is 8.71. The highest BCUT2D eigenvalue weighted by molar-refractivity contribution is 5.97. The molecule has 3 aromatic rings. The molecular formula is C29H34N2O3. The molecule has 1 heterocycles. The Hall–Kier alpha value is -3.47. The zero-order valence-corrected chi connectivity index (χ0v) is 20.4. The van der Waals surface area contributed by atoms with E-state index in [0.717, 1.165) is 72.0 Å². The molecule has 1 saturated heterocycles. The average Bonchev–Trinajstić information content (AvgIpc) is 2.89. The van der Waals surface area contributed by atoms with Gasteiger partial charge in [-0.15, -0.1) is 0 Å². The van der Waals surface area contributed by atoms with Gasteiger partial charge in [0.1, 0.15) is 11.5 Å². The Morgan fingerprint density at radius 1 is 0.912 bits per heavy atom. The van der Waals surface area contributed by atoms with E-state index in [9.17, 15) is 4.79 Å². The highest BCUT2D eigenvalue weighted by Gasteiger charge is 2.24. The molecule has 0 aliphatic carbocycles. The Kier molecular flexibility index (Phi) is 7.73. The normalized spacial score (nSPS) is 13.6. The molecule has 1 fully saturated rings. The predicted molar refractivity (Wildman–Crippen MR) is 138 cm³/mol. The van der Waals surface area contributed by atoms with Crippen molar-refractivity contribution in [2.75, 3.05) is 44.8 Å². The maximum atomic E-state index is 13.4. The standard InChI is InChI=1S/C29H34N2O3/c1-4-5-20-34-25-14-12-23(13-15-25)24-11-10-22(2)26(21-24)29(32)31-18-16-30(17-19-31)27-8-6-7-9-28(27)33-3/h6-15,21H,4-5,16-20H2,1-3H3. The van der Waals surface area contributed by atoms with E-state index in [1.165, 1.54) is 0 Å². The smallest absolute Gasteiger partial charge is 0.254 e. The van der Waals surface area contributed by atoms with E-state index >= 15 is 0 Å². The fraction of sp³-hybridized carbons (Fsp3) is 0.345. The number of methoxy groups -OCH3 is 1. The van der Waals surface area contributed by atoms with Crippen LogP contribution in [0, 0.1) is 6.92 Å². The first kappa shape index (κ1) is 23.7. The van der Waals surface area contributed by atoms with Gasteiger partial charge in [0.05, 0.1) is 19.4 Å². The Morgan fingerprint density at radius 3 is 2.32 bits per heavy atom. The summed E-state index contributed by atoms with van der Waals surface area (Å²) >= 11 is 0. The molecule has 0 unspecified atom stereocenters. The summed E-state index contributed by atoms with van der Waals surface area (Å²) < 4.78 is 11.3. The molecule has 3 aromatic carbocycles. The second kappa shape index (κ2) is 11.1.